The first-order valence-electron chi connectivity index (χ1n) is 3.39. The van der Waals surface area contributed by atoms with Crippen LogP contribution in [0.15, 0.2) is 0 Å². The van der Waals surface area contributed by atoms with Gasteiger partial charge in [-0.2, -0.15) is 0 Å². The molecule has 5 heteroatoms. The number of halogens is 1. The van der Waals surface area contributed by atoms with E-state index in [4.69, 9.17) is 20.3 Å². The fourth-order valence-electron chi connectivity index (χ4n) is 1.03. The summed E-state index contributed by atoms with van der Waals surface area (Å²) in [6.45, 7) is -0.0621. The first-order chi connectivity index (χ1) is 5.16. The van der Waals surface area contributed by atoms with E-state index in [0.717, 1.165) is 0 Å². The lowest BCUT2D eigenvalue weighted by Crippen LogP contribution is -2.55. The molecule has 0 spiro atoms. The van der Waals surface area contributed by atoms with Crippen LogP contribution in [-0.2, 0) is 9.47 Å². The van der Waals surface area contributed by atoms with Gasteiger partial charge in [-0.3, -0.25) is 0 Å². The topological polar surface area (TPSA) is 64.7 Å². The molecule has 3 N–H and O–H groups in total. The van der Waals surface area contributed by atoms with E-state index in [1.54, 1.807) is 0 Å². The van der Waals surface area contributed by atoms with Gasteiger partial charge in [0.2, 0.25) is 0 Å². The van der Waals surface area contributed by atoms with Crippen LogP contribution in [0.3, 0.4) is 0 Å². The molecule has 1 fully saturated rings. The van der Waals surface area contributed by atoms with E-state index < -0.39 is 24.6 Å². The Kier molecular flexibility index (Phi) is 2.78. The molecule has 1 saturated heterocycles. The van der Waals surface area contributed by atoms with Crippen LogP contribution in [-0.4, -0.2) is 43.4 Å². The SMILES string of the molecule is COC1OCC(O)C(F)C1N. The highest BCUT2D eigenvalue weighted by Crippen LogP contribution is 2.16. The summed E-state index contributed by atoms with van der Waals surface area (Å²) < 4.78 is 22.5. The molecule has 4 nitrogen and oxygen atoms in total. The molecule has 0 aromatic heterocycles. The fourth-order valence-corrected chi connectivity index (χ4v) is 1.03. The Morgan fingerprint density at radius 2 is 2.36 bits per heavy atom. The van der Waals surface area contributed by atoms with E-state index in [2.05, 4.69) is 0 Å². The van der Waals surface area contributed by atoms with Crippen molar-refractivity contribution in [2.45, 2.75) is 24.6 Å². The number of methoxy groups -OCH3 is 1. The van der Waals surface area contributed by atoms with Crippen LogP contribution in [0.25, 0.3) is 0 Å². The average molecular weight is 165 g/mol. The normalized spacial score (nSPS) is 45.8. The van der Waals surface area contributed by atoms with Crippen molar-refractivity contribution in [2.75, 3.05) is 13.7 Å². The number of rotatable bonds is 1. The highest BCUT2D eigenvalue weighted by Gasteiger charge is 2.37. The van der Waals surface area contributed by atoms with Gasteiger partial charge in [0, 0.05) is 7.11 Å². The monoisotopic (exact) mass is 165 g/mol. The summed E-state index contributed by atoms with van der Waals surface area (Å²) in [6, 6.07) is -0.899. The van der Waals surface area contributed by atoms with Crippen molar-refractivity contribution < 1.29 is 19.0 Å². The van der Waals surface area contributed by atoms with Crippen molar-refractivity contribution >= 4 is 0 Å². The third-order valence-electron chi connectivity index (χ3n) is 1.71. The highest BCUT2D eigenvalue weighted by atomic mass is 19.1. The summed E-state index contributed by atoms with van der Waals surface area (Å²) >= 11 is 0. The van der Waals surface area contributed by atoms with Gasteiger partial charge in [0.15, 0.2) is 6.29 Å². The van der Waals surface area contributed by atoms with Crippen LogP contribution in [0.5, 0.6) is 0 Å². The minimum Gasteiger partial charge on any atom is -0.388 e. The zero-order chi connectivity index (χ0) is 8.43. The van der Waals surface area contributed by atoms with E-state index in [0.29, 0.717) is 0 Å². The van der Waals surface area contributed by atoms with E-state index in [1.807, 2.05) is 0 Å². The lowest BCUT2D eigenvalue weighted by atomic mass is 10.1. The molecular weight excluding hydrogens is 153 g/mol. The molecule has 0 aromatic rings. The molecule has 4 atom stereocenters. The Hall–Kier alpha value is -0.230. The first kappa shape index (κ1) is 8.86. The third kappa shape index (κ3) is 1.67. The van der Waals surface area contributed by atoms with Gasteiger partial charge >= 0.3 is 0 Å². The third-order valence-corrected chi connectivity index (χ3v) is 1.71. The Bertz CT molecular complexity index is 133. The number of alkyl halides is 1. The molecule has 66 valence electrons. The maximum Gasteiger partial charge on any atom is 0.175 e. The lowest BCUT2D eigenvalue weighted by molar-refractivity contribution is -0.204. The minimum atomic E-state index is -1.46. The Balaban J connectivity index is 2.52. The highest BCUT2D eigenvalue weighted by molar-refractivity contribution is 4.85. The average Bonchev–Trinajstić information content (AvgIpc) is 2.01. The molecule has 1 aliphatic heterocycles. The van der Waals surface area contributed by atoms with Crippen molar-refractivity contribution in [2.24, 2.45) is 5.73 Å². The predicted molar refractivity (Wildman–Crippen MR) is 35.6 cm³/mol. The second-order valence-electron chi connectivity index (χ2n) is 2.53. The van der Waals surface area contributed by atoms with Gasteiger partial charge in [-0.1, -0.05) is 0 Å². The van der Waals surface area contributed by atoms with Crippen LogP contribution in [0.4, 0.5) is 4.39 Å². The maximum atomic E-state index is 12.9. The van der Waals surface area contributed by atoms with E-state index in [9.17, 15) is 4.39 Å². The second-order valence-corrected chi connectivity index (χ2v) is 2.53. The predicted octanol–water partition coefficient (Wildman–Crippen LogP) is -0.985. The number of aliphatic hydroxyl groups excluding tert-OH is 1. The first-order valence-corrected chi connectivity index (χ1v) is 3.39. The molecule has 4 unspecified atom stereocenters. The number of ether oxygens (including phenoxy) is 2. The van der Waals surface area contributed by atoms with Crippen LogP contribution >= 0.6 is 0 Å². The molecular formula is C6H12FNO3. The Morgan fingerprint density at radius 1 is 1.73 bits per heavy atom. The summed E-state index contributed by atoms with van der Waals surface area (Å²) in [7, 11) is 1.38. The van der Waals surface area contributed by atoms with Crippen molar-refractivity contribution in [1.29, 1.82) is 0 Å². The van der Waals surface area contributed by atoms with Gasteiger partial charge < -0.3 is 20.3 Å². The van der Waals surface area contributed by atoms with Gasteiger partial charge in [-0.05, 0) is 0 Å². The molecule has 0 aromatic carbocycles. The molecule has 0 saturated carbocycles. The van der Waals surface area contributed by atoms with Crippen molar-refractivity contribution in [3.8, 4) is 0 Å². The number of nitrogens with two attached hydrogens (primary N) is 1. The van der Waals surface area contributed by atoms with Crippen LogP contribution in [0.2, 0.25) is 0 Å². The van der Waals surface area contributed by atoms with Crippen LogP contribution < -0.4 is 5.73 Å². The summed E-state index contributed by atoms with van der Waals surface area (Å²) in [5, 5.41) is 8.93. The minimum absolute atomic E-state index is 0.0621. The summed E-state index contributed by atoms with van der Waals surface area (Å²) in [5.74, 6) is 0. The van der Waals surface area contributed by atoms with Crippen molar-refractivity contribution in [3.05, 3.63) is 0 Å². The number of hydrogen-bond donors (Lipinski definition) is 2. The smallest absolute Gasteiger partial charge is 0.175 e. The van der Waals surface area contributed by atoms with Gasteiger partial charge in [0.05, 0.1) is 12.6 Å². The fraction of sp³-hybridized carbons (Fsp3) is 1.00. The second kappa shape index (κ2) is 3.44. The van der Waals surface area contributed by atoms with E-state index in [1.165, 1.54) is 7.11 Å². The molecule has 0 radical (unpaired) electrons. The molecule has 1 rings (SSSR count). The van der Waals surface area contributed by atoms with Crippen LogP contribution in [0.1, 0.15) is 0 Å². The van der Waals surface area contributed by atoms with Gasteiger partial charge in [0.1, 0.15) is 12.3 Å². The largest absolute Gasteiger partial charge is 0.388 e. The van der Waals surface area contributed by atoms with Gasteiger partial charge in [-0.25, -0.2) is 4.39 Å². The summed E-state index contributed by atoms with van der Waals surface area (Å²) in [5.41, 5.74) is 5.34. The Morgan fingerprint density at radius 3 is 2.91 bits per heavy atom. The number of hydrogen-bond acceptors (Lipinski definition) is 4. The van der Waals surface area contributed by atoms with Crippen LogP contribution in [0, 0.1) is 0 Å². The van der Waals surface area contributed by atoms with E-state index >= 15 is 0 Å². The van der Waals surface area contributed by atoms with E-state index in [-0.39, 0.29) is 6.61 Å². The molecule has 11 heavy (non-hydrogen) atoms. The van der Waals surface area contributed by atoms with Crippen molar-refractivity contribution in [3.63, 3.8) is 0 Å². The Labute approximate surface area is 64.1 Å². The van der Waals surface area contributed by atoms with Gasteiger partial charge in [-0.15, -0.1) is 0 Å². The molecule has 0 amide bonds. The molecule has 0 aliphatic carbocycles. The zero-order valence-electron chi connectivity index (χ0n) is 6.24. The summed E-state index contributed by atoms with van der Waals surface area (Å²) in [6.07, 6.45) is -3.33. The van der Waals surface area contributed by atoms with Crippen molar-refractivity contribution in [1.82, 2.24) is 0 Å². The lowest BCUT2D eigenvalue weighted by Gasteiger charge is -2.33. The zero-order valence-corrected chi connectivity index (χ0v) is 6.24. The van der Waals surface area contributed by atoms with Gasteiger partial charge in [0.25, 0.3) is 0 Å². The molecule has 1 heterocycles. The summed E-state index contributed by atoms with van der Waals surface area (Å²) in [4.78, 5) is 0. The number of aliphatic hydroxyl groups is 1. The molecule has 0 bridgehead atoms. The molecule has 1 aliphatic rings. The maximum absolute atomic E-state index is 12.9. The standard InChI is InChI=1S/C6H12FNO3/c1-10-6-5(8)4(7)3(9)2-11-6/h3-6,9H,2,8H2,1H3. The quantitative estimate of drug-likeness (QED) is 0.524.